The predicted octanol–water partition coefficient (Wildman–Crippen LogP) is -1.19. The molecule has 0 amide bonds. The monoisotopic (exact) mass is 282 g/mol. The lowest BCUT2D eigenvalue weighted by atomic mass is 10.3. The number of carbonyl (C=O) groups excluding carboxylic acids is 4. The molecule has 1 atom stereocenters. The molecule has 0 aromatic carbocycles. The normalized spacial score (nSPS) is 12.4. The van der Waals surface area contributed by atoms with Gasteiger partial charge in [-0.1, -0.05) is 0 Å². The van der Waals surface area contributed by atoms with Crippen molar-refractivity contribution < 1.29 is 41.6 Å². The first-order chi connectivity index (χ1) is 8.04. The fourth-order valence-corrected chi connectivity index (χ4v) is 1.51. The van der Waals surface area contributed by atoms with Crippen molar-refractivity contribution in [2.75, 3.05) is 0 Å². The lowest BCUT2D eigenvalue weighted by Gasteiger charge is -2.10. The molecule has 1 N–H and O–H groups in total. The predicted molar refractivity (Wildman–Crippen MR) is 53.5 cm³/mol. The SMILES string of the molecule is CC(=O)OC(=O)CC(C(=O)OC(C)=O)S(=O)(=O)O. The van der Waals surface area contributed by atoms with Gasteiger partial charge in [-0.25, -0.2) is 0 Å². The van der Waals surface area contributed by atoms with E-state index in [1.54, 1.807) is 0 Å². The molecule has 0 heterocycles. The van der Waals surface area contributed by atoms with Gasteiger partial charge >= 0.3 is 23.9 Å². The number of rotatable bonds is 4. The number of hydrogen-bond acceptors (Lipinski definition) is 8. The first kappa shape index (κ1) is 16.2. The van der Waals surface area contributed by atoms with Gasteiger partial charge in [0.2, 0.25) is 0 Å². The van der Waals surface area contributed by atoms with Crippen molar-refractivity contribution in [1.82, 2.24) is 0 Å². The quantitative estimate of drug-likeness (QED) is 0.382. The molecule has 0 saturated carbocycles. The average Bonchev–Trinajstić information content (AvgIpc) is 2.09. The highest BCUT2D eigenvalue weighted by atomic mass is 32.2. The number of hydrogen-bond donors (Lipinski definition) is 1. The summed E-state index contributed by atoms with van der Waals surface area (Å²) in [7, 11) is -4.98. The maximum Gasteiger partial charge on any atom is 0.335 e. The van der Waals surface area contributed by atoms with Crippen LogP contribution in [0.5, 0.6) is 0 Å². The first-order valence-corrected chi connectivity index (χ1v) is 5.94. The van der Waals surface area contributed by atoms with Gasteiger partial charge in [-0.15, -0.1) is 0 Å². The molecule has 9 nitrogen and oxygen atoms in total. The zero-order valence-electron chi connectivity index (χ0n) is 9.41. The lowest BCUT2D eigenvalue weighted by molar-refractivity contribution is -0.163. The van der Waals surface area contributed by atoms with E-state index in [9.17, 15) is 27.6 Å². The van der Waals surface area contributed by atoms with Gasteiger partial charge in [-0.2, -0.15) is 8.42 Å². The van der Waals surface area contributed by atoms with Gasteiger partial charge < -0.3 is 9.47 Å². The zero-order chi connectivity index (χ0) is 14.5. The molecule has 0 radical (unpaired) electrons. The largest absolute Gasteiger partial charge is 0.393 e. The Morgan fingerprint density at radius 2 is 1.50 bits per heavy atom. The summed E-state index contributed by atoms with van der Waals surface area (Å²) in [5.74, 6) is -5.13. The molecule has 1 unspecified atom stereocenters. The summed E-state index contributed by atoms with van der Waals surface area (Å²) < 4.78 is 38.3. The van der Waals surface area contributed by atoms with Crippen LogP contribution in [-0.2, 0) is 38.8 Å². The molecule has 0 aromatic rings. The third kappa shape index (κ3) is 6.06. The van der Waals surface area contributed by atoms with Crippen LogP contribution in [0.2, 0.25) is 0 Å². The Balaban J connectivity index is 4.93. The molecule has 0 aliphatic rings. The first-order valence-electron chi connectivity index (χ1n) is 4.44. The maximum absolute atomic E-state index is 11.1. The fraction of sp³-hybridized carbons (Fsp3) is 0.500. The second kappa shape index (κ2) is 6.21. The Morgan fingerprint density at radius 3 is 1.83 bits per heavy atom. The van der Waals surface area contributed by atoms with Crippen LogP contribution in [-0.4, -0.2) is 42.1 Å². The molecular weight excluding hydrogens is 272 g/mol. The Bertz CT molecular complexity index is 475. The Morgan fingerprint density at radius 1 is 1.06 bits per heavy atom. The molecule has 0 rings (SSSR count). The molecule has 0 aliphatic heterocycles. The third-order valence-electron chi connectivity index (χ3n) is 1.48. The number of carbonyl (C=O) groups is 4. The van der Waals surface area contributed by atoms with Crippen molar-refractivity contribution in [2.24, 2.45) is 0 Å². The molecule has 0 spiro atoms. The molecule has 0 aromatic heterocycles. The topological polar surface area (TPSA) is 141 Å². The van der Waals surface area contributed by atoms with Gasteiger partial charge in [0.25, 0.3) is 10.1 Å². The van der Waals surface area contributed by atoms with E-state index in [1.807, 2.05) is 0 Å². The van der Waals surface area contributed by atoms with E-state index >= 15 is 0 Å². The molecule has 102 valence electrons. The molecule has 0 aliphatic carbocycles. The van der Waals surface area contributed by atoms with Gasteiger partial charge in [0.05, 0.1) is 6.42 Å². The fourth-order valence-electron chi connectivity index (χ4n) is 0.871. The van der Waals surface area contributed by atoms with Crippen molar-refractivity contribution >= 4 is 34.0 Å². The molecule has 18 heavy (non-hydrogen) atoms. The van der Waals surface area contributed by atoms with E-state index in [0.29, 0.717) is 0 Å². The summed E-state index contributed by atoms with van der Waals surface area (Å²) in [6, 6.07) is 0. The summed E-state index contributed by atoms with van der Waals surface area (Å²) in [5.41, 5.74) is 0. The van der Waals surface area contributed by atoms with Gasteiger partial charge in [-0.3, -0.25) is 23.7 Å². The zero-order valence-corrected chi connectivity index (χ0v) is 10.2. The van der Waals surface area contributed by atoms with Gasteiger partial charge in [-0.05, 0) is 0 Å². The van der Waals surface area contributed by atoms with Crippen molar-refractivity contribution in [2.45, 2.75) is 25.5 Å². The van der Waals surface area contributed by atoms with Gasteiger partial charge in [0, 0.05) is 13.8 Å². The Labute approximate surface area is 102 Å². The molecule has 0 bridgehead atoms. The van der Waals surface area contributed by atoms with Crippen LogP contribution in [0.15, 0.2) is 0 Å². The summed E-state index contributed by atoms with van der Waals surface area (Å²) in [6.45, 7) is 1.71. The van der Waals surface area contributed by atoms with Crippen LogP contribution in [0.3, 0.4) is 0 Å². The van der Waals surface area contributed by atoms with E-state index in [4.69, 9.17) is 4.55 Å². The van der Waals surface area contributed by atoms with Crippen LogP contribution in [0.25, 0.3) is 0 Å². The summed E-state index contributed by atoms with van der Waals surface area (Å²) in [6.07, 6.45) is -1.15. The minimum atomic E-state index is -4.98. The Kier molecular flexibility index (Phi) is 5.59. The summed E-state index contributed by atoms with van der Waals surface area (Å²) in [5, 5.41) is -2.33. The van der Waals surface area contributed by atoms with E-state index in [1.165, 1.54) is 0 Å². The number of ether oxygens (including phenoxy) is 2. The van der Waals surface area contributed by atoms with E-state index in [-0.39, 0.29) is 0 Å². The third-order valence-corrected chi connectivity index (χ3v) is 2.55. The van der Waals surface area contributed by atoms with E-state index in [2.05, 4.69) is 9.47 Å². The van der Waals surface area contributed by atoms with E-state index in [0.717, 1.165) is 13.8 Å². The van der Waals surface area contributed by atoms with Crippen LogP contribution in [0.1, 0.15) is 20.3 Å². The molecule has 0 fully saturated rings. The highest BCUT2D eigenvalue weighted by Crippen LogP contribution is 2.08. The van der Waals surface area contributed by atoms with E-state index < -0.39 is 45.7 Å². The molecule has 0 saturated heterocycles. The minimum absolute atomic E-state index is 0.826. The van der Waals surface area contributed by atoms with Crippen LogP contribution in [0.4, 0.5) is 0 Å². The highest BCUT2D eigenvalue weighted by molar-refractivity contribution is 7.87. The van der Waals surface area contributed by atoms with Crippen LogP contribution < -0.4 is 0 Å². The maximum atomic E-state index is 11.1. The van der Waals surface area contributed by atoms with Crippen molar-refractivity contribution in [3.63, 3.8) is 0 Å². The molecular formula is C8H10O9S. The second-order valence-electron chi connectivity index (χ2n) is 3.09. The smallest absolute Gasteiger partial charge is 0.335 e. The van der Waals surface area contributed by atoms with Crippen molar-refractivity contribution in [1.29, 1.82) is 0 Å². The number of esters is 4. The highest BCUT2D eigenvalue weighted by Gasteiger charge is 2.36. The van der Waals surface area contributed by atoms with Crippen LogP contribution >= 0.6 is 0 Å². The van der Waals surface area contributed by atoms with Gasteiger partial charge in [0.1, 0.15) is 0 Å². The molecule has 10 heteroatoms. The lowest BCUT2D eigenvalue weighted by Crippen LogP contribution is -2.35. The van der Waals surface area contributed by atoms with Gasteiger partial charge in [0.15, 0.2) is 5.25 Å². The van der Waals surface area contributed by atoms with Crippen LogP contribution in [0, 0.1) is 0 Å². The standard InChI is InChI=1S/C8H10O9S/c1-4(9)16-7(11)3-6(18(13,14)15)8(12)17-5(2)10/h6H,3H2,1-2H3,(H,13,14,15). The summed E-state index contributed by atoms with van der Waals surface area (Å²) >= 11 is 0. The minimum Gasteiger partial charge on any atom is -0.393 e. The van der Waals surface area contributed by atoms with Crippen molar-refractivity contribution in [3.05, 3.63) is 0 Å². The van der Waals surface area contributed by atoms with Crippen molar-refractivity contribution in [3.8, 4) is 0 Å². The summed E-state index contributed by atoms with van der Waals surface area (Å²) in [4.78, 5) is 43.0. The average molecular weight is 282 g/mol. The Hall–Kier alpha value is -1.81. The second-order valence-corrected chi connectivity index (χ2v) is 4.69.